The van der Waals surface area contributed by atoms with Gasteiger partial charge in [-0.3, -0.25) is 9.89 Å². The number of aromatic nitrogens is 5. The van der Waals surface area contributed by atoms with E-state index in [0.29, 0.717) is 36.8 Å². The number of H-pyrrole nitrogens is 1. The molecule has 0 aromatic carbocycles. The van der Waals surface area contributed by atoms with Crippen LogP contribution in [0.5, 0.6) is 0 Å². The lowest BCUT2D eigenvalue weighted by Gasteiger charge is -2.32. The van der Waals surface area contributed by atoms with Crippen LogP contribution in [0.4, 0.5) is 0 Å². The summed E-state index contributed by atoms with van der Waals surface area (Å²) in [7, 11) is 0. The molecule has 1 N–H and O–H groups in total. The molecule has 3 rings (SSSR count). The van der Waals surface area contributed by atoms with E-state index in [1.54, 1.807) is 18.0 Å². The number of amides is 1. The molecule has 1 aliphatic rings. The van der Waals surface area contributed by atoms with Gasteiger partial charge >= 0.3 is 0 Å². The topological polar surface area (TPSA) is 96.9 Å². The molecule has 0 spiro atoms. The molecule has 122 valence electrons. The summed E-state index contributed by atoms with van der Waals surface area (Å²) >= 11 is 0. The van der Waals surface area contributed by atoms with Crippen molar-refractivity contribution in [3.05, 3.63) is 35.4 Å². The highest BCUT2D eigenvalue weighted by molar-refractivity contribution is 5.94. The van der Waals surface area contributed by atoms with E-state index in [2.05, 4.69) is 25.1 Å². The summed E-state index contributed by atoms with van der Waals surface area (Å²) in [4.78, 5) is 26.9. The molecule has 0 radical (unpaired) electrons. The molecule has 0 unspecified atom stereocenters. The summed E-state index contributed by atoms with van der Waals surface area (Å²) in [6.45, 7) is 7.29. The van der Waals surface area contributed by atoms with Crippen molar-refractivity contribution < 1.29 is 9.53 Å². The van der Waals surface area contributed by atoms with Crippen molar-refractivity contribution in [2.75, 3.05) is 19.7 Å². The van der Waals surface area contributed by atoms with Crippen LogP contribution in [0, 0.1) is 6.92 Å². The summed E-state index contributed by atoms with van der Waals surface area (Å²) in [5, 5.41) is 7.11. The predicted octanol–water partition coefficient (Wildman–Crippen LogP) is 1.24. The third-order valence-corrected chi connectivity index (χ3v) is 3.84. The SMILES string of the molecule is Cc1ncncc1C(=O)N1CCO[C@@H](c2nc(C(C)C)n[nH]2)C1. The van der Waals surface area contributed by atoms with Gasteiger partial charge in [0.2, 0.25) is 0 Å². The normalized spacial score (nSPS) is 18.4. The Morgan fingerprint density at radius 3 is 3.00 bits per heavy atom. The van der Waals surface area contributed by atoms with Gasteiger partial charge in [-0.15, -0.1) is 0 Å². The summed E-state index contributed by atoms with van der Waals surface area (Å²) < 4.78 is 5.74. The van der Waals surface area contributed by atoms with Gasteiger partial charge in [-0.25, -0.2) is 15.0 Å². The average Bonchev–Trinajstić information content (AvgIpc) is 3.05. The van der Waals surface area contributed by atoms with Crippen molar-refractivity contribution in [1.29, 1.82) is 0 Å². The number of carbonyl (C=O) groups is 1. The Labute approximate surface area is 134 Å². The van der Waals surface area contributed by atoms with Gasteiger partial charge in [-0.05, 0) is 6.92 Å². The number of ether oxygens (including phenoxy) is 1. The van der Waals surface area contributed by atoms with Crippen molar-refractivity contribution in [2.24, 2.45) is 0 Å². The van der Waals surface area contributed by atoms with Gasteiger partial charge in [0.25, 0.3) is 5.91 Å². The first-order valence-corrected chi connectivity index (χ1v) is 7.66. The van der Waals surface area contributed by atoms with E-state index in [1.165, 1.54) is 6.33 Å². The second-order valence-electron chi connectivity index (χ2n) is 5.87. The van der Waals surface area contributed by atoms with Gasteiger partial charge < -0.3 is 9.64 Å². The Bertz CT molecular complexity index is 699. The minimum atomic E-state index is -0.294. The molecule has 3 heterocycles. The fourth-order valence-electron chi connectivity index (χ4n) is 2.46. The number of nitrogens with zero attached hydrogens (tertiary/aromatic N) is 5. The van der Waals surface area contributed by atoms with E-state index in [-0.39, 0.29) is 17.9 Å². The number of nitrogens with one attached hydrogen (secondary N) is 1. The van der Waals surface area contributed by atoms with E-state index in [1.807, 2.05) is 13.8 Å². The minimum absolute atomic E-state index is 0.0833. The van der Waals surface area contributed by atoms with E-state index < -0.39 is 0 Å². The van der Waals surface area contributed by atoms with Crippen molar-refractivity contribution >= 4 is 5.91 Å². The second kappa shape index (κ2) is 6.41. The largest absolute Gasteiger partial charge is 0.367 e. The Balaban J connectivity index is 1.75. The quantitative estimate of drug-likeness (QED) is 0.915. The van der Waals surface area contributed by atoms with Crippen molar-refractivity contribution in [1.82, 2.24) is 30.0 Å². The second-order valence-corrected chi connectivity index (χ2v) is 5.87. The Morgan fingerprint density at radius 2 is 2.30 bits per heavy atom. The number of rotatable bonds is 3. The van der Waals surface area contributed by atoms with Crippen LogP contribution in [0.25, 0.3) is 0 Å². The van der Waals surface area contributed by atoms with Crippen LogP contribution in [-0.2, 0) is 4.74 Å². The maximum absolute atomic E-state index is 12.7. The van der Waals surface area contributed by atoms with Gasteiger partial charge in [0.05, 0.1) is 24.4 Å². The average molecular weight is 316 g/mol. The van der Waals surface area contributed by atoms with E-state index in [9.17, 15) is 4.79 Å². The fraction of sp³-hybridized carbons (Fsp3) is 0.533. The third kappa shape index (κ3) is 3.21. The lowest BCUT2D eigenvalue weighted by molar-refractivity contribution is -0.0267. The van der Waals surface area contributed by atoms with Gasteiger partial charge in [-0.2, -0.15) is 5.10 Å². The molecule has 1 fully saturated rings. The third-order valence-electron chi connectivity index (χ3n) is 3.84. The number of morpholine rings is 1. The maximum atomic E-state index is 12.7. The number of aryl methyl sites for hydroxylation is 1. The van der Waals surface area contributed by atoms with Crippen molar-refractivity contribution in [3.63, 3.8) is 0 Å². The van der Waals surface area contributed by atoms with Crippen LogP contribution < -0.4 is 0 Å². The molecule has 8 nitrogen and oxygen atoms in total. The lowest BCUT2D eigenvalue weighted by atomic mass is 10.2. The highest BCUT2D eigenvalue weighted by Crippen LogP contribution is 2.22. The number of hydrogen-bond donors (Lipinski definition) is 1. The molecule has 1 amide bonds. The van der Waals surface area contributed by atoms with Crippen LogP contribution in [0.1, 0.15) is 53.6 Å². The zero-order chi connectivity index (χ0) is 16.4. The van der Waals surface area contributed by atoms with Crippen LogP contribution in [0.3, 0.4) is 0 Å². The predicted molar refractivity (Wildman–Crippen MR) is 81.8 cm³/mol. The zero-order valence-corrected chi connectivity index (χ0v) is 13.5. The standard InChI is InChI=1S/C15H20N6O2/c1-9(2)13-18-14(20-19-13)12-7-21(4-5-23-12)15(22)11-6-16-8-17-10(11)3/h6,8-9,12H,4-5,7H2,1-3H3,(H,18,19,20)/t12-/m1/s1. The van der Waals surface area contributed by atoms with Gasteiger partial charge in [0.1, 0.15) is 12.4 Å². The van der Waals surface area contributed by atoms with Gasteiger partial charge in [-0.1, -0.05) is 13.8 Å². The first-order chi connectivity index (χ1) is 11.1. The van der Waals surface area contributed by atoms with E-state index in [4.69, 9.17) is 4.74 Å². The molecule has 23 heavy (non-hydrogen) atoms. The highest BCUT2D eigenvalue weighted by atomic mass is 16.5. The number of hydrogen-bond acceptors (Lipinski definition) is 6. The molecule has 2 aromatic rings. The molecule has 0 saturated carbocycles. The fourth-order valence-corrected chi connectivity index (χ4v) is 2.46. The Kier molecular flexibility index (Phi) is 4.33. The van der Waals surface area contributed by atoms with Crippen LogP contribution in [0.2, 0.25) is 0 Å². The Hall–Kier alpha value is -2.35. The molecule has 0 aliphatic carbocycles. The maximum Gasteiger partial charge on any atom is 0.257 e. The molecule has 1 saturated heterocycles. The van der Waals surface area contributed by atoms with E-state index in [0.717, 1.165) is 5.82 Å². The van der Waals surface area contributed by atoms with E-state index >= 15 is 0 Å². The minimum Gasteiger partial charge on any atom is -0.367 e. The molecule has 0 bridgehead atoms. The zero-order valence-electron chi connectivity index (χ0n) is 13.5. The van der Waals surface area contributed by atoms with Crippen molar-refractivity contribution in [2.45, 2.75) is 32.8 Å². The number of carbonyl (C=O) groups excluding carboxylic acids is 1. The molecule has 8 heteroatoms. The molecular weight excluding hydrogens is 296 g/mol. The first kappa shape index (κ1) is 15.5. The summed E-state index contributed by atoms with van der Waals surface area (Å²) in [5.41, 5.74) is 1.20. The first-order valence-electron chi connectivity index (χ1n) is 7.66. The van der Waals surface area contributed by atoms with Crippen molar-refractivity contribution in [3.8, 4) is 0 Å². The Morgan fingerprint density at radius 1 is 1.48 bits per heavy atom. The van der Waals surface area contributed by atoms with Crippen LogP contribution in [-0.4, -0.2) is 55.7 Å². The van der Waals surface area contributed by atoms with Crippen LogP contribution in [0.15, 0.2) is 12.5 Å². The molecule has 2 aromatic heterocycles. The van der Waals surface area contributed by atoms with Crippen LogP contribution >= 0.6 is 0 Å². The lowest BCUT2D eigenvalue weighted by Crippen LogP contribution is -2.42. The van der Waals surface area contributed by atoms with Gasteiger partial charge in [0.15, 0.2) is 11.6 Å². The number of aromatic amines is 1. The summed E-state index contributed by atoms with van der Waals surface area (Å²) in [6.07, 6.45) is 2.70. The summed E-state index contributed by atoms with van der Waals surface area (Å²) in [6, 6.07) is 0. The molecular formula is C15H20N6O2. The van der Waals surface area contributed by atoms with Gasteiger partial charge in [0, 0.05) is 18.7 Å². The summed E-state index contributed by atoms with van der Waals surface area (Å²) in [5.74, 6) is 1.57. The highest BCUT2D eigenvalue weighted by Gasteiger charge is 2.29. The molecule has 1 atom stereocenters. The smallest absolute Gasteiger partial charge is 0.257 e. The monoisotopic (exact) mass is 316 g/mol. The molecule has 1 aliphatic heterocycles.